The van der Waals surface area contributed by atoms with E-state index in [0.717, 1.165) is 11.3 Å². The number of aromatic nitrogens is 4. The molecule has 0 saturated carbocycles. The van der Waals surface area contributed by atoms with Gasteiger partial charge < -0.3 is 9.67 Å². The fraction of sp³-hybridized carbons (Fsp3) is 0.200. The molecule has 0 aliphatic carbocycles. The summed E-state index contributed by atoms with van der Waals surface area (Å²) in [6.07, 6.45) is 6.11. The number of hydrogen-bond acceptors (Lipinski definition) is 5. The van der Waals surface area contributed by atoms with Gasteiger partial charge in [-0.15, -0.1) is 11.3 Å². The zero-order chi connectivity index (χ0) is 19.7. The quantitative estimate of drug-likeness (QED) is 0.542. The van der Waals surface area contributed by atoms with Gasteiger partial charge in [0.2, 0.25) is 0 Å². The fourth-order valence-corrected chi connectivity index (χ4v) is 4.02. The van der Waals surface area contributed by atoms with Gasteiger partial charge in [-0.25, -0.2) is 14.5 Å². The second-order valence-corrected chi connectivity index (χ2v) is 7.53. The number of carboxylic acid groups (broad SMARTS) is 1. The number of aryl methyl sites for hydroxylation is 3. The summed E-state index contributed by atoms with van der Waals surface area (Å²) in [7, 11) is 0. The SMILES string of the molecule is CCc1ccc(-c2nn(CCn3ccnc3)c(=O)c3cc(C(=O)O)ccc23)s1. The molecule has 0 atom stereocenters. The highest BCUT2D eigenvalue weighted by Gasteiger charge is 2.16. The maximum atomic E-state index is 13.0. The molecular formula is C20H18N4O3S. The monoisotopic (exact) mass is 394 g/mol. The molecule has 0 radical (unpaired) electrons. The molecule has 0 saturated heterocycles. The Balaban J connectivity index is 1.88. The summed E-state index contributed by atoms with van der Waals surface area (Å²) in [6.45, 7) is 2.99. The smallest absolute Gasteiger partial charge is 0.335 e. The molecule has 8 heteroatoms. The van der Waals surface area contributed by atoms with E-state index in [4.69, 9.17) is 0 Å². The van der Waals surface area contributed by atoms with Gasteiger partial charge in [0, 0.05) is 29.2 Å². The molecule has 0 amide bonds. The van der Waals surface area contributed by atoms with Crippen LogP contribution in [0.2, 0.25) is 0 Å². The lowest BCUT2D eigenvalue weighted by Gasteiger charge is -2.11. The van der Waals surface area contributed by atoms with Gasteiger partial charge in [-0.2, -0.15) is 5.10 Å². The largest absolute Gasteiger partial charge is 0.478 e. The summed E-state index contributed by atoms with van der Waals surface area (Å²) < 4.78 is 3.28. The molecule has 4 rings (SSSR count). The Bertz CT molecular complexity index is 1210. The average Bonchev–Trinajstić information content (AvgIpc) is 3.39. The van der Waals surface area contributed by atoms with Crippen LogP contribution in [-0.2, 0) is 19.5 Å². The molecule has 1 N–H and O–H groups in total. The molecule has 7 nitrogen and oxygen atoms in total. The number of benzene rings is 1. The van der Waals surface area contributed by atoms with E-state index in [1.165, 1.54) is 21.7 Å². The molecule has 0 unspecified atom stereocenters. The normalized spacial score (nSPS) is 11.2. The molecule has 1 aromatic carbocycles. The van der Waals surface area contributed by atoms with Crippen LogP contribution in [0.3, 0.4) is 0 Å². The predicted molar refractivity (Wildman–Crippen MR) is 108 cm³/mol. The minimum Gasteiger partial charge on any atom is -0.478 e. The van der Waals surface area contributed by atoms with Crippen molar-refractivity contribution in [2.24, 2.45) is 0 Å². The maximum absolute atomic E-state index is 13.0. The van der Waals surface area contributed by atoms with E-state index in [1.54, 1.807) is 29.9 Å². The van der Waals surface area contributed by atoms with Crippen LogP contribution in [0, 0.1) is 0 Å². The highest BCUT2D eigenvalue weighted by atomic mass is 32.1. The van der Waals surface area contributed by atoms with Crippen molar-refractivity contribution in [1.29, 1.82) is 0 Å². The topological polar surface area (TPSA) is 90.0 Å². The molecule has 3 heterocycles. The van der Waals surface area contributed by atoms with Crippen molar-refractivity contribution >= 4 is 28.1 Å². The van der Waals surface area contributed by atoms with Gasteiger partial charge in [0.25, 0.3) is 5.56 Å². The molecule has 28 heavy (non-hydrogen) atoms. The lowest BCUT2D eigenvalue weighted by Crippen LogP contribution is -2.26. The number of fused-ring (bicyclic) bond motifs is 1. The van der Waals surface area contributed by atoms with Crippen LogP contribution in [0.15, 0.2) is 53.8 Å². The van der Waals surface area contributed by atoms with Crippen molar-refractivity contribution < 1.29 is 9.90 Å². The van der Waals surface area contributed by atoms with Crippen molar-refractivity contribution in [1.82, 2.24) is 19.3 Å². The Hall–Kier alpha value is -3.26. The molecule has 0 fully saturated rings. The molecule has 0 aliphatic heterocycles. The molecule has 0 bridgehead atoms. The van der Waals surface area contributed by atoms with Crippen LogP contribution >= 0.6 is 11.3 Å². The first-order valence-corrected chi connectivity index (χ1v) is 9.71. The molecule has 4 aromatic rings. The number of imidazole rings is 1. The first-order chi connectivity index (χ1) is 13.6. The summed E-state index contributed by atoms with van der Waals surface area (Å²) in [5, 5.41) is 15.0. The summed E-state index contributed by atoms with van der Waals surface area (Å²) in [5.41, 5.74) is 0.486. The van der Waals surface area contributed by atoms with Crippen LogP contribution in [0.1, 0.15) is 22.2 Å². The van der Waals surface area contributed by atoms with Gasteiger partial charge >= 0.3 is 5.97 Å². The van der Waals surface area contributed by atoms with Crippen LogP contribution in [0.5, 0.6) is 0 Å². The number of carbonyl (C=O) groups is 1. The lowest BCUT2D eigenvalue weighted by atomic mass is 10.1. The van der Waals surface area contributed by atoms with Gasteiger partial charge in [-0.05, 0) is 30.7 Å². The van der Waals surface area contributed by atoms with Crippen LogP contribution in [-0.4, -0.2) is 30.4 Å². The van der Waals surface area contributed by atoms with Crippen molar-refractivity contribution in [3.63, 3.8) is 0 Å². The van der Waals surface area contributed by atoms with E-state index in [1.807, 2.05) is 16.8 Å². The first-order valence-electron chi connectivity index (χ1n) is 8.90. The Morgan fingerprint density at radius 2 is 2.04 bits per heavy atom. The minimum absolute atomic E-state index is 0.0864. The van der Waals surface area contributed by atoms with E-state index < -0.39 is 5.97 Å². The van der Waals surface area contributed by atoms with Gasteiger partial charge in [0.05, 0.1) is 28.7 Å². The second-order valence-electron chi connectivity index (χ2n) is 6.36. The minimum atomic E-state index is -1.06. The molecule has 142 valence electrons. The summed E-state index contributed by atoms with van der Waals surface area (Å²) in [4.78, 5) is 30.6. The Morgan fingerprint density at radius 3 is 2.71 bits per heavy atom. The van der Waals surface area contributed by atoms with Crippen LogP contribution in [0.4, 0.5) is 0 Å². The zero-order valence-corrected chi connectivity index (χ0v) is 16.0. The number of thiophene rings is 1. The summed E-state index contributed by atoms with van der Waals surface area (Å²) in [6, 6.07) is 8.68. The number of carboxylic acids is 1. The standard InChI is InChI=1S/C20H18N4O3S/c1-2-14-4-6-17(28-14)18-15-5-3-13(20(26)27)11-16(15)19(25)24(22-18)10-9-23-8-7-21-12-23/h3-8,11-12H,2,9-10H2,1H3,(H,26,27). The highest BCUT2D eigenvalue weighted by Crippen LogP contribution is 2.31. The summed E-state index contributed by atoms with van der Waals surface area (Å²) in [5.74, 6) is -1.06. The van der Waals surface area contributed by atoms with Crippen molar-refractivity contribution in [2.45, 2.75) is 26.4 Å². The van der Waals surface area contributed by atoms with Crippen molar-refractivity contribution in [2.75, 3.05) is 0 Å². The van der Waals surface area contributed by atoms with E-state index in [-0.39, 0.29) is 11.1 Å². The first kappa shape index (κ1) is 18.1. The molecular weight excluding hydrogens is 376 g/mol. The number of rotatable bonds is 6. The van der Waals surface area contributed by atoms with Gasteiger partial charge in [-0.1, -0.05) is 13.0 Å². The van der Waals surface area contributed by atoms with E-state index in [0.29, 0.717) is 29.6 Å². The summed E-state index contributed by atoms with van der Waals surface area (Å²) >= 11 is 1.63. The second kappa shape index (κ2) is 7.40. The lowest BCUT2D eigenvalue weighted by molar-refractivity contribution is 0.0697. The average molecular weight is 394 g/mol. The Kier molecular flexibility index (Phi) is 4.79. The van der Waals surface area contributed by atoms with Crippen LogP contribution < -0.4 is 5.56 Å². The Labute approximate surface area is 164 Å². The van der Waals surface area contributed by atoms with Crippen LogP contribution in [0.25, 0.3) is 21.3 Å². The van der Waals surface area contributed by atoms with Gasteiger partial charge in [0.1, 0.15) is 5.69 Å². The van der Waals surface area contributed by atoms with Gasteiger partial charge in [0.15, 0.2) is 0 Å². The number of nitrogens with zero attached hydrogens (tertiary/aromatic N) is 4. The molecule has 0 aliphatic rings. The van der Waals surface area contributed by atoms with Crippen molar-refractivity contribution in [3.8, 4) is 10.6 Å². The van der Waals surface area contributed by atoms with E-state index >= 15 is 0 Å². The third-order valence-electron chi connectivity index (χ3n) is 4.58. The molecule has 0 spiro atoms. The Morgan fingerprint density at radius 1 is 1.18 bits per heavy atom. The fourth-order valence-electron chi connectivity index (χ4n) is 3.08. The number of hydrogen-bond donors (Lipinski definition) is 1. The molecule has 3 aromatic heterocycles. The third kappa shape index (κ3) is 3.34. The predicted octanol–water partition coefficient (Wildman–Crippen LogP) is 3.28. The zero-order valence-electron chi connectivity index (χ0n) is 15.2. The number of aromatic carboxylic acids is 1. The third-order valence-corrected chi connectivity index (χ3v) is 5.82. The maximum Gasteiger partial charge on any atom is 0.335 e. The highest BCUT2D eigenvalue weighted by molar-refractivity contribution is 7.15. The van der Waals surface area contributed by atoms with E-state index in [2.05, 4.69) is 23.1 Å². The van der Waals surface area contributed by atoms with Crippen molar-refractivity contribution in [3.05, 3.63) is 69.8 Å². The van der Waals surface area contributed by atoms with E-state index in [9.17, 15) is 14.7 Å². The van der Waals surface area contributed by atoms with Gasteiger partial charge in [-0.3, -0.25) is 4.79 Å².